The second-order valence-corrected chi connectivity index (χ2v) is 5.32. The van der Waals surface area contributed by atoms with Gasteiger partial charge in [-0.2, -0.15) is 0 Å². The minimum absolute atomic E-state index is 0.0747. The highest BCUT2D eigenvalue weighted by Gasteiger charge is 2.07. The predicted octanol–water partition coefficient (Wildman–Crippen LogP) is 3.96. The topological polar surface area (TPSA) is 38.3 Å². The van der Waals surface area contributed by atoms with E-state index in [1.54, 1.807) is 18.2 Å². The van der Waals surface area contributed by atoms with E-state index in [-0.39, 0.29) is 12.5 Å². The van der Waals surface area contributed by atoms with Crippen LogP contribution in [0.2, 0.25) is 5.02 Å². The summed E-state index contributed by atoms with van der Waals surface area (Å²) in [7, 11) is 0. The number of ether oxygens (including phenoxy) is 1. The van der Waals surface area contributed by atoms with Gasteiger partial charge in [-0.3, -0.25) is 4.79 Å². The van der Waals surface area contributed by atoms with Gasteiger partial charge in [-0.15, -0.1) is 0 Å². The summed E-state index contributed by atoms with van der Waals surface area (Å²) in [5.74, 6) is 0.283. The van der Waals surface area contributed by atoms with Crippen molar-refractivity contribution >= 4 is 45.8 Å². The molecule has 0 spiro atoms. The molecule has 0 saturated heterocycles. The lowest BCUT2D eigenvalue weighted by atomic mass is 10.3. The highest BCUT2D eigenvalue weighted by molar-refractivity contribution is 14.1. The maximum atomic E-state index is 11.8. The van der Waals surface area contributed by atoms with E-state index in [1.165, 1.54) is 0 Å². The predicted molar refractivity (Wildman–Crippen MR) is 84.7 cm³/mol. The summed E-state index contributed by atoms with van der Waals surface area (Å²) in [4.78, 5) is 11.8. The Bertz CT molecular complexity index is 589. The molecule has 0 saturated carbocycles. The first kappa shape index (κ1) is 14.1. The lowest BCUT2D eigenvalue weighted by Gasteiger charge is -2.09. The Morgan fingerprint density at radius 3 is 2.58 bits per heavy atom. The third-order valence-electron chi connectivity index (χ3n) is 2.34. The van der Waals surface area contributed by atoms with Gasteiger partial charge in [-0.05, 0) is 46.9 Å². The maximum absolute atomic E-state index is 11.8. The van der Waals surface area contributed by atoms with Crippen LogP contribution in [0, 0.1) is 3.57 Å². The number of hydrogen-bond acceptors (Lipinski definition) is 2. The van der Waals surface area contributed by atoms with Gasteiger partial charge < -0.3 is 10.1 Å². The Morgan fingerprint density at radius 2 is 1.84 bits per heavy atom. The zero-order valence-electron chi connectivity index (χ0n) is 9.90. The molecule has 19 heavy (non-hydrogen) atoms. The summed E-state index contributed by atoms with van der Waals surface area (Å²) in [5, 5.41) is 3.28. The summed E-state index contributed by atoms with van der Waals surface area (Å²) < 4.78 is 6.34. The monoisotopic (exact) mass is 387 g/mol. The Kier molecular flexibility index (Phi) is 5.04. The number of rotatable bonds is 4. The fourth-order valence-corrected chi connectivity index (χ4v) is 2.17. The molecule has 0 bridgehead atoms. The van der Waals surface area contributed by atoms with E-state index >= 15 is 0 Å². The van der Waals surface area contributed by atoms with Gasteiger partial charge >= 0.3 is 0 Å². The van der Waals surface area contributed by atoms with Crippen molar-refractivity contribution in [1.29, 1.82) is 0 Å². The number of carbonyl (C=O) groups is 1. The lowest BCUT2D eigenvalue weighted by molar-refractivity contribution is -0.118. The van der Waals surface area contributed by atoms with E-state index in [0.717, 1.165) is 9.26 Å². The van der Waals surface area contributed by atoms with Crippen LogP contribution in [0.25, 0.3) is 0 Å². The van der Waals surface area contributed by atoms with Gasteiger partial charge in [0.2, 0.25) is 0 Å². The Hall–Kier alpha value is -1.27. The second-order valence-electron chi connectivity index (χ2n) is 3.75. The molecule has 5 heteroatoms. The SMILES string of the molecule is O=C(COc1ccccc1Cl)Nc1ccccc1I. The average Bonchev–Trinajstić information content (AvgIpc) is 2.40. The fourth-order valence-electron chi connectivity index (χ4n) is 1.45. The summed E-state index contributed by atoms with van der Waals surface area (Å²) in [6.07, 6.45) is 0. The molecule has 2 aromatic carbocycles. The summed E-state index contributed by atoms with van der Waals surface area (Å²) in [5.41, 5.74) is 0.774. The number of hydrogen-bond donors (Lipinski definition) is 1. The molecule has 2 aromatic rings. The van der Waals surface area contributed by atoms with Gasteiger partial charge in [0.05, 0.1) is 10.7 Å². The molecule has 2 rings (SSSR count). The summed E-state index contributed by atoms with van der Waals surface area (Å²) >= 11 is 8.10. The number of halogens is 2. The molecular weight excluding hydrogens is 377 g/mol. The molecule has 1 amide bonds. The van der Waals surface area contributed by atoms with E-state index in [0.29, 0.717) is 10.8 Å². The molecule has 1 N–H and O–H groups in total. The van der Waals surface area contributed by atoms with E-state index < -0.39 is 0 Å². The quantitative estimate of drug-likeness (QED) is 0.807. The highest BCUT2D eigenvalue weighted by Crippen LogP contribution is 2.23. The van der Waals surface area contributed by atoms with E-state index in [4.69, 9.17) is 16.3 Å². The van der Waals surface area contributed by atoms with Crippen LogP contribution in [0.15, 0.2) is 48.5 Å². The highest BCUT2D eigenvalue weighted by atomic mass is 127. The van der Waals surface area contributed by atoms with Crippen molar-refractivity contribution in [3.8, 4) is 5.75 Å². The van der Waals surface area contributed by atoms with Crippen molar-refractivity contribution in [2.45, 2.75) is 0 Å². The molecule has 0 atom stereocenters. The molecule has 0 aliphatic carbocycles. The van der Waals surface area contributed by atoms with Gasteiger partial charge in [0, 0.05) is 3.57 Å². The smallest absolute Gasteiger partial charge is 0.262 e. The standard InChI is InChI=1S/C14H11ClINO2/c15-10-5-1-4-8-13(10)19-9-14(18)17-12-7-3-2-6-11(12)16/h1-8H,9H2,(H,17,18). The van der Waals surface area contributed by atoms with Crippen LogP contribution in [0.3, 0.4) is 0 Å². The largest absolute Gasteiger partial charge is 0.482 e. The number of benzene rings is 2. The van der Waals surface area contributed by atoms with Crippen LogP contribution in [-0.4, -0.2) is 12.5 Å². The van der Waals surface area contributed by atoms with Gasteiger partial charge in [0.15, 0.2) is 6.61 Å². The molecular formula is C14H11ClINO2. The molecule has 0 unspecified atom stereocenters. The third-order valence-corrected chi connectivity index (χ3v) is 3.60. The second kappa shape index (κ2) is 6.77. The molecule has 0 aliphatic heterocycles. The van der Waals surface area contributed by atoms with Crippen LogP contribution in [0.1, 0.15) is 0 Å². The van der Waals surface area contributed by atoms with E-state index in [1.807, 2.05) is 30.3 Å². The van der Waals surface area contributed by atoms with Crippen LogP contribution in [0.4, 0.5) is 5.69 Å². The normalized spacial score (nSPS) is 10.0. The average molecular weight is 388 g/mol. The van der Waals surface area contributed by atoms with Crippen molar-refractivity contribution in [3.63, 3.8) is 0 Å². The van der Waals surface area contributed by atoms with Gasteiger partial charge in [0.25, 0.3) is 5.91 Å². The van der Waals surface area contributed by atoms with Crippen molar-refractivity contribution in [2.24, 2.45) is 0 Å². The maximum Gasteiger partial charge on any atom is 0.262 e. The number of anilines is 1. The van der Waals surface area contributed by atoms with Crippen LogP contribution in [0.5, 0.6) is 5.75 Å². The van der Waals surface area contributed by atoms with Crippen molar-refractivity contribution in [2.75, 3.05) is 11.9 Å². The zero-order valence-corrected chi connectivity index (χ0v) is 12.8. The van der Waals surface area contributed by atoms with Gasteiger partial charge in [-0.25, -0.2) is 0 Å². The van der Waals surface area contributed by atoms with E-state index in [9.17, 15) is 4.79 Å². The molecule has 3 nitrogen and oxygen atoms in total. The van der Waals surface area contributed by atoms with Gasteiger partial charge in [-0.1, -0.05) is 35.9 Å². The first-order chi connectivity index (χ1) is 9.16. The van der Waals surface area contributed by atoms with Crippen LogP contribution in [-0.2, 0) is 4.79 Å². The molecule has 0 aliphatic rings. The zero-order chi connectivity index (χ0) is 13.7. The Labute approximate surface area is 130 Å². The van der Waals surface area contributed by atoms with Crippen molar-refractivity contribution < 1.29 is 9.53 Å². The van der Waals surface area contributed by atoms with Crippen LogP contribution < -0.4 is 10.1 Å². The first-order valence-electron chi connectivity index (χ1n) is 5.58. The number of para-hydroxylation sites is 2. The summed E-state index contributed by atoms with van der Waals surface area (Å²) in [6, 6.07) is 14.6. The number of amides is 1. The van der Waals surface area contributed by atoms with Crippen molar-refractivity contribution in [1.82, 2.24) is 0 Å². The molecule has 0 heterocycles. The van der Waals surface area contributed by atoms with Crippen LogP contribution >= 0.6 is 34.2 Å². The lowest BCUT2D eigenvalue weighted by Crippen LogP contribution is -2.20. The first-order valence-corrected chi connectivity index (χ1v) is 7.04. The van der Waals surface area contributed by atoms with Gasteiger partial charge in [0.1, 0.15) is 5.75 Å². The molecule has 0 fully saturated rings. The number of nitrogens with one attached hydrogen (secondary N) is 1. The number of carbonyl (C=O) groups excluding carboxylic acids is 1. The molecule has 0 radical (unpaired) electrons. The molecule has 98 valence electrons. The fraction of sp³-hybridized carbons (Fsp3) is 0.0714. The third kappa shape index (κ3) is 4.11. The molecule has 0 aromatic heterocycles. The van der Waals surface area contributed by atoms with E-state index in [2.05, 4.69) is 27.9 Å². The Balaban J connectivity index is 1.92. The van der Waals surface area contributed by atoms with Crippen molar-refractivity contribution in [3.05, 3.63) is 57.1 Å². The minimum Gasteiger partial charge on any atom is -0.482 e. The summed E-state index contributed by atoms with van der Waals surface area (Å²) in [6.45, 7) is -0.0747. The minimum atomic E-state index is -0.218. The Morgan fingerprint density at radius 1 is 1.16 bits per heavy atom.